The van der Waals surface area contributed by atoms with Crippen LogP contribution in [0.5, 0.6) is 0 Å². The van der Waals surface area contributed by atoms with Gasteiger partial charge in [0.15, 0.2) is 0 Å². The first-order valence-electron chi connectivity index (χ1n) is 5.02. The summed E-state index contributed by atoms with van der Waals surface area (Å²) >= 11 is 0. The van der Waals surface area contributed by atoms with Crippen LogP contribution in [0.1, 0.15) is 0 Å². The molecule has 86 valence electrons. The van der Waals surface area contributed by atoms with Crippen LogP contribution in [0.3, 0.4) is 0 Å². The van der Waals surface area contributed by atoms with Gasteiger partial charge in [0.25, 0.3) is 5.56 Å². The fraction of sp³-hybridized carbons (Fsp3) is 0.200. The zero-order valence-electron chi connectivity index (χ0n) is 8.95. The van der Waals surface area contributed by atoms with Crippen molar-refractivity contribution < 1.29 is 0 Å². The molecule has 2 aromatic rings. The molecule has 7 nitrogen and oxygen atoms in total. The molecule has 0 bridgehead atoms. The molecule has 0 spiro atoms. The van der Waals surface area contributed by atoms with Crippen LogP contribution in [0, 0.1) is 0 Å². The van der Waals surface area contributed by atoms with Gasteiger partial charge >= 0.3 is 0 Å². The van der Waals surface area contributed by atoms with E-state index in [1.54, 1.807) is 12.4 Å². The zero-order valence-corrected chi connectivity index (χ0v) is 8.95. The average Bonchev–Trinajstić information content (AvgIpc) is 2.73. The second-order valence-corrected chi connectivity index (χ2v) is 3.35. The van der Waals surface area contributed by atoms with Crippen LogP contribution in [0.25, 0.3) is 21.7 Å². The van der Waals surface area contributed by atoms with E-state index in [9.17, 15) is 4.79 Å². The summed E-state index contributed by atoms with van der Waals surface area (Å²) in [6.45, 7) is 0.584. The molecule has 0 aromatic carbocycles. The minimum absolute atomic E-state index is 0.148. The quantitative estimate of drug-likeness (QED) is 0.489. The molecule has 0 saturated carbocycles. The lowest BCUT2D eigenvalue weighted by Gasteiger charge is -1.98. The normalized spacial score (nSPS) is 9.88. The zero-order chi connectivity index (χ0) is 12.1. The predicted octanol–water partition coefficient (Wildman–Crippen LogP) is 1.55. The van der Waals surface area contributed by atoms with Crippen LogP contribution >= 0.6 is 0 Å². The van der Waals surface area contributed by atoms with E-state index in [-0.39, 0.29) is 12.1 Å². The van der Waals surface area contributed by atoms with E-state index in [1.165, 1.54) is 10.7 Å². The Balaban J connectivity index is 2.25. The number of hydrogen-bond acceptors (Lipinski definition) is 3. The molecule has 7 heteroatoms. The molecule has 0 atom stereocenters. The van der Waals surface area contributed by atoms with Crippen molar-refractivity contribution in [3.05, 3.63) is 51.4 Å². The smallest absolute Gasteiger partial charge is 0.267 e. The second kappa shape index (κ2) is 5.00. The molecule has 2 rings (SSSR count). The third-order valence-corrected chi connectivity index (χ3v) is 2.27. The molecule has 0 aliphatic rings. The summed E-state index contributed by atoms with van der Waals surface area (Å²) in [5.74, 6) is 0. The summed E-state index contributed by atoms with van der Waals surface area (Å²) in [6, 6.07) is 5.12. The maximum atomic E-state index is 11.6. The molecule has 0 aliphatic heterocycles. The number of nitrogens with zero attached hydrogens (tertiary/aromatic N) is 5. The minimum Gasteiger partial charge on any atom is -0.295 e. The highest BCUT2D eigenvalue weighted by Gasteiger charge is 2.03. The van der Waals surface area contributed by atoms with Gasteiger partial charge in [-0.05, 0) is 17.7 Å². The van der Waals surface area contributed by atoms with E-state index in [0.717, 1.165) is 11.3 Å². The number of aromatic nitrogens is 3. The number of hydrogen-bond donors (Lipinski definition) is 1. The molecule has 0 unspecified atom stereocenters. The monoisotopic (exact) mass is 230 g/mol. The maximum absolute atomic E-state index is 11.6. The fourth-order valence-corrected chi connectivity index (χ4v) is 1.47. The van der Waals surface area contributed by atoms with Gasteiger partial charge < -0.3 is 0 Å². The van der Waals surface area contributed by atoms with E-state index < -0.39 is 0 Å². The molecule has 0 aliphatic carbocycles. The van der Waals surface area contributed by atoms with E-state index in [1.807, 2.05) is 12.1 Å². The number of aromatic amines is 1. The van der Waals surface area contributed by atoms with Crippen molar-refractivity contribution in [2.45, 2.75) is 6.54 Å². The number of pyridine rings is 1. The molecular formula is C10H10N6O. The van der Waals surface area contributed by atoms with E-state index in [2.05, 4.69) is 20.1 Å². The first-order chi connectivity index (χ1) is 8.31. The standard InChI is InChI=1S/C10H10N6O/c11-15-13-5-6-16-10(17)7-9(14-16)8-1-3-12-4-2-8/h1-4,7,14H,5-6H2. The molecule has 17 heavy (non-hydrogen) atoms. The molecule has 0 fully saturated rings. The number of rotatable bonds is 4. The maximum Gasteiger partial charge on any atom is 0.267 e. The molecule has 1 N–H and O–H groups in total. The van der Waals surface area contributed by atoms with Crippen molar-refractivity contribution in [3.63, 3.8) is 0 Å². The van der Waals surface area contributed by atoms with Crippen molar-refractivity contribution >= 4 is 0 Å². The Morgan fingerprint density at radius 1 is 1.47 bits per heavy atom. The summed E-state index contributed by atoms with van der Waals surface area (Å²) in [5.41, 5.74) is 9.61. The van der Waals surface area contributed by atoms with Crippen LogP contribution in [-0.2, 0) is 6.54 Å². The fourth-order valence-electron chi connectivity index (χ4n) is 1.47. The molecule has 0 radical (unpaired) electrons. The lowest BCUT2D eigenvalue weighted by Crippen LogP contribution is -2.17. The highest BCUT2D eigenvalue weighted by atomic mass is 16.1. The summed E-state index contributed by atoms with van der Waals surface area (Å²) < 4.78 is 1.41. The van der Waals surface area contributed by atoms with Crippen LogP contribution in [0.4, 0.5) is 0 Å². The highest BCUT2D eigenvalue weighted by Crippen LogP contribution is 2.12. The first-order valence-corrected chi connectivity index (χ1v) is 5.02. The highest BCUT2D eigenvalue weighted by molar-refractivity contribution is 5.57. The number of H-pyrrole nitrogens is 1. The van der Waals surface area contributed by atoms with Crippen LogP contribution in [0.15, 0.2) is 40.5 Å². The first kappa shape index (κ1) is 11.0. The topological polar surface area (TPSA) is 99.4 Å². The van der Waals surface area contributed by atoms with E-state index in [0.29, 0.717) is 6.54 Å². The van der Waals surface area contributed by atoms with Crippen molar-refractivity contribution in [2.75, 3.05) is 6.54 Å². The van der Waals surface area contributed by atoms with Gasteiger partial charge in [-0.3, -0.25) is 19.6 Å². The summed E-state index contributed by atoms with van der Waals surface area (Å²) in [4.78, 5) is 18.1. The average molecular weight is 230 g/mol. The van der Waals surface area contributed by atoms with Gasteiger partial charge in [-0.25, -0.2) is 0 Å². The Bertz CT molecular complexity index is 593. The summed E-state index contributed by atoms with van der Waals surface area (Å²) in [6.07, 6.45) is 3.32. The van der Waals surface area contributed by atoms with Crippen molar-refractivity contribution in [1.82, 2.24) is 14.8 Å². The third kappa shape index (κ3) is 2.53. The lowest BCUT2D eigenvalue weighted by molar-refractivity contribution is 0.607. The van der Waals surface area contributed by atoms with Gasteiger partial charge in [-0.1, -0.05) is 5.11 Å². The Morgan fingerprint density at radius 2 is 2.24 bits per heavy atom. The summed E-state index contributed by atoms with van der Waals surface area (Å²) in [7, 11) is 0. The Labute approximate surface area is 96.3 Å². The summed E-state index contributed by atoms with van der Waals surface area (Å²) in [5, 5.41) is 6.33. The van der Waals surface area contributed by atoms with Gasteiger partial charge in [0.2, 0.25) is 0 Å². The van der Waals surface area contributed by atoms with Crippen LogP contribution in [0.2, 0.25) is 0 Å². The van der Waals surface area contributed by atoms with Gasteiger partial charge in [0.05, 0.1) is 5.69 Å². The third-order valence-electron chi connectivity index (χ3n) is 2.27. The van der Waals surface area contributed by atoms with E-state index in [4.69, 9.17) is 5.53 Å². The van der Waals surface area contributed by atoms with Crippen molar-refractivity contribution in [3.8, 4) is 11.3 Å². The molecule has 2 aromatic heterocycles. The van der Waals surface area contributed by atoms with Crippen molar-refractivity contribution in [1.29, 1.82) is 0 Å². The van der Waals surface area contributed by atoms with Crippen LogP contribution in [-0.4, -0.2) is 21.3 Å². The molecular weight excluding hydrogens is 220 g/mol. The van der Waals surface area contributed by atoms with Gasteiger partial charge in [-0.15, -0.1) is 0 Å². The SMILES string of the molecule is [N-]=[N+]=NCCn1[nH]c(-c2ccncc2)cc1=O. The minimum atomic E-state index is -0.148. The molecule has 0 amide bonds. The Kier molecular flexibility index (Phi) is 3.23. The largest absolute Gasteiger partial charge is 0.295 e. The van der Waals surface area contributed by atoms with Crippen LogP contribution < -0.4 is 5.56 Å². The van der Waals surface area contributed by atoms with E-state index >= 15 is 0 Å². The predicted molar refractivity (Wildman–Crippen MR) is 62.3 cm³/mol. The molecule has 2 heterocycles. The van der Waals surface area contributed by atoms with Crippen molar-refractivity contribution in [2.24, 2.45) is 5.11 Å². The second-order valence-electron chi connectivity index (χ2n) is 3.35. The Morgan fingerprint density at radius 3 is 2.94 bits per heavy atom. The van der Waals surface area contributed by atoms with Gasteiger partial charge in [-0.2, -0.15) is 0 Å². The molecule has 0 saturated heterocycles. The number of azide groups is 1. The Hall–Kier alpha value is -2.53. The van der Waals surface area contributed by atoms with Gasteiger partial charge in [0, 0.05) is 42.0 Å². The number of nitrogens with one attached hydrogen (secondary N) is 1. The lowest BCUT2D eigenvalue weighted by atomic mass is 10.2. The van der Waals surface area contributed by atoms with Gasteiger partial charge in [0.1, 0.15) is 0 Å².